The minimum absolute atomic E-state index is 0.127. The van der Waals surface area contributed by atoms with Crippen molar-refractivity contribution in [2.45, 2.75) is 30.1 Å². The van der Waals surface area contributed by atoms with Gasteiger partial charge in [-0.2, -0.15) is 0 Å². The van der Waals surface area contributed by atoms with Gasteiger partial charge in [-0.3, -0.25) is 4.98 Å². The highest BCUT2D eigenvalue weighted by Crippen LogP contribution is 2.65. The van der Waals surface area contributed by atoms with E-state index in [9.17, 15) is 10.2 Å². The number of hydrogen-bond donors (Lipinski definition) is 2. The highest BCUT2D eigenvalue weighted by atomic mass is 79.9. The molecule has 0 bridgehead atoms. The normalized spacial score (nSPS) is 35.5. The van der Waals surface area contributed by atoms with Gasteiger partial charge in [-0.25, -0.2) is 0 Å². The zero-order chi connectivity index (χ0) is 19.5. The van der Waals surface area contributed by atoms with E-state index >= 15 is 0 Å². The summed E-state index contributed by atoms with van der Waals surface area (Å²) in [7, 11) is 0. The standard InChI is InChI=1S/C22H19BrClNO3/c23-15-8-6-14(7-9-15)22-17(13-4-2-1-3-5-13)11-19(26)21(22,27)20-18(28-22)10-16(24)12-25-20/h1-4,6-10,12-13,17,19,26-27H,5,11H2/t13?,17-,19-,21+,22-/m0/s1. The molecule has 0 saturated heterocycles. The van der Waals surface area contributed by atoms with Crippen molar-refractivity contribution in [1.82, 2.24) is 4.98 Å². The van der Waals surface area contributed by atoms with E-state index in [-0.39, 0.29) is 11.8 Å². The summed E-state index contributed by atoms with van der Waals surface area (Å²) >= 11 is 9.62. The van der Waals surface area contributed by atoms with Gasteiger partial charge in [-0.05, 0) is 36.5 Å². The van der Waals surface area contributed by atoms with Crippen molar-refractivity contribution in [3.05, 3.63) is 81.6 Å². The highest BCUT2D eigenvalue weighted by Gasteiger charge is 2.74. The Kier molecular flexibility index (Phi) is 4.22. The van der Waals surface area contributed by atoms with Crippen molar-refractivity contribution in [3.63, 3.8) is 0 Å². The van der Waals surface area contributed by atoms with E-state index in [2.05, 4.69) is 33.1 Å². The van der Waals surface area contributed by atoms with Gasteiger partial charge in [0, 0.05) is 22.7 Å². The highest BCUT2D eigenvalue weighted by molar-refractivity contribution is 9.10. The molecule has 144 valence electrons. The Morgan fingerprint density at radius 2 is 2.00 bits per heavy atom. The molecule has 2 N–H and O–H groups in total. The molecule has 6 heteroatoms. The van der Waals surface area contributed by atoms with E-state index in [1.54, 1.807) is 6.07 Å². The van der Waals surface area contributed by atoms with Crippen LogP contribution in [-0.2, 0) is 11.2 Å². The predicted molar refractivity (Wildman–Crippen MR) is 110 cm³/mol. The maximum Gasteiger partial charge on any atom is 0.180 e. The molecule has 2 heterocycles. The van der Waals surface area contributed by atoms with E-state index in [0.29, 0.717) is 22.9 Å². The quantitative estimate of drug-likeness (QED) is 0.693. The van der Waals surface area contributed by atoms with E-state index < -0.39 is 17.3 Å². The molecule has 2 aliphatic carbocycles. The first-order valence-electron chi connectivity index (χ1n) is 9.31. The SMILES string of the molecule is O[C@H]1C[C@@H](C2C=CC=CC2)[C@]2(c3ccc(Br)cc3)Oc3cc(Cl)cnc3[C@]12O. The topological polar surface area (TPSA) is 62.6 Å². The van der Waals surface area contributed by atoms with Gasteiger partial charge in [0.1, 0.15) is 11.4 Å². The lowest BCUT2D eigenvalue weighted by Gasteiger charge is -2.42. The van der Waals surface area contributed by atoms with Gasteiger partial charge in [0.15, 0.2) is 11.2 Å². The first-order valence-corrected chi connectivity index (χ1v) is 10.5. The molecule has 1 fully saturated rings. The van der Waals surface area contributed by atoms with Crippen molar-refractivity contribution in [2.24, 2.45) is 11.8 Å². The van der Waals surface area contributed by atoms with Crippen molar-refractivity contribution < 1.29 is 14.9 Å². The molecule has 4 nitrogen and oxygen atoms in total. The summed E-state index contributed by atoms with van der Waals surface area (Å²) in [5, 5.41) is 23.5. The van der Waals surface area contributed by atoms with Crippen LogP contribution in [0, 0.1) is 11.8 Å². The van der Waals surface area contributed by atoms with Crippen LogP contribution in [0.4, 0.5) is 0 Å². The van der Waals surface area contributed by atoms with Crippen LogP contribution in [0.3, 0.4) is 0 Å². The maximum atomic E-state index is 12.0. The second-order valence-electron chi connectivity index (χ2n) is 7.68. The Morgan fingerprint density at radius 1 is 1.21 bits per heavy atom. The van der Waals surface area contributed by atoms with E-state index in [1.807, 2.05) is 36.4 Å². The first-order chi connectivity index (χ1) is 13.5. The number of ether oxygens (including phenoxy) is 1. The Hall–Kier alpha value is -1.66. The Bertz CT molecular complexity index is 992. The Balaban J connectivity index is 1.75. The molecule has 28 heavy (non-hydrogen) atoms. The van der Waals surface area contributed by atoms with Gasteiger partial charge in [-0.15, -0.1) is 0 Å². The first kappa shape index (κ1) is 18.4. The zero-order valence-electron chi connectivity index (χ0n) is 14.9. The maximum absolute atomic E-state index is 12.0. The van der Waals surface area contributed by atoms with Crippen molar-refractivity contribution in [1.29, 1.82) is 0 Å². The van der Waals surface area contributed by atoms with Crippen molar-refractivity contribution in [3.8, 4) is 5.75 Å². The molecule has 5 atom stereocenters. The number of pyridine rings is 1. The minimum Gasteiger partial charge on any atom is -0.477 e. The molecule has 1 aromatic heterocycles. The van der Waals surface area contributed by atoms with Crippen molar-refractivity contribution >= 4 is 27.5 Å². The number of benzene rings is 1. The van der Waals surface area contributed by atoms with Crippen LogP contribution in [-0.4, -0.2) is 21.3 Å². The summed E-state index contributed by atoms with van der Waals surface area (Å²) in [4.78, 5) is 4.38. The number of allylic oxidation sites excluding steroid dienone is 4. The van der Waals surface area contributed by atoms with Crippen LogP contribution in [0.5, 0.6) is 5.75 Å². The molecule has 1 aromatic carbocycles. The number of halogens is 2. The number of fused-ring (bicyclic) bond motifs is 3. The summed E-state index contributed by atoms with van der Waals surface area (Å²) < 4.78 is 7.47. The number of hydrogen-bond acceptors (Lipinski definition) is 4. The molecule has 2 aromatic rings. The second kappa shape index (κ2) is 6.42. The monoisotopic (exact) mass is 459 g/mol. The fraction of sp³-hybridized carbons (Fsp3) is 0.318. The van der Waals surface area contributed by atoms with Crippen LogP contribution in [0.15, 0.2) is 65.3 Å². The van der Waals surface area contributed by atoms with Crippen molar-refractivity contribution in [2.75, 3.05) is 0 Å². The third-order valence-corrected chi connectivity index (χ3v) is 7.04. The lowest BCUT2D eigenvalue weighted by atomic mass is 9.69. The number of aliphatic hydroxyl groups excluding tert-OH is 1. The molecule has 0 radical (unpaired) electrons. The van der Waals surface area contributed by atoms with Gasteiger partial charge < -0.3 is 14.9 Å². The third kappa shape index (κ3) is 2.34. The number of aliphatic hydroxyl groups is 2. The molecule has 1 saturated carbocycles. The van der Waals surface area contributed by atoms with Crippen LogP contribution < -0.4 is 4.74 Å². The van der Waals surface area contributed by atoms with E-state index in [4.69, 9.17) is 16.3 Å². The van der Waals surface area contributed by atoms with Gasteiger partial charge in [0.2, 0.25) is 0 Å². The third-order valence-electron chi connectivity index (χ3n) is 6.30. The minimum atomic E-state index is -1.65. The molecular formula is C22H19BrClNO3. The van der Waals surface area contributed by atoms with E-state index in [1.165, 1.54) is 6.20 Å². The molecule has 1 aliphatic heterocycles. The fourth-order valence-electron chi connectivity index (χ4n) is 5.12. The van der Waals surface area contributed by atoms with Crippen LogP contribution in [0.2, 0.25) is 5.02 Å². The van der Waals surface area contributed by atoms with Crippen LogP contribution in [0.1, 0.15) is 24.1 Å². The zero-order valence-corrected chi connectivity index (χ0v) is 17.3. The smallest absolute Gasteiger partial charge is 0.180 e. The van der Waals surface area contributed by atoms with Gasteiger partial charge in [0.05, 0.1) is 11.1 Å². The Labute approximate surface area is 176 Å². The molecule has 0 amide bonds. The van der Waals surface area contributed by atoms with Gasteiger partial charge in [0.25, 0.3) is 0 Å². The molecule has 3 aliphatic rings. The summed E-state index contributed by atoms with van der Waals surface area (Å²) in [6.07, 6.45) is 10.0. The van der Waals surface area contributed by atoms with Gasteiger partial charge >= 0.3 is 0 Å². The molecular weight excluding hydrogens is 442 g/mol. The van der Waals surface area contributed by atoms with Crippen LogP contribution in [0.25, 0.3) is 0 Å². The summed E-state index contributed by atoms with van der Waals surface area (Å²) in [5.41, 5.74) is -1.63. The lowest BCUT2D eigenvalue weighted by molar-refractivity contribution is -0.161. The average molecular weight is 461 g/mol. The lowest BCUT2D eigenvalue weighted by Crippen LogP contribution is -2.53. The molecule has 1 unspecified atom stereocenters. The number of nitrogens with zero attached hydrogens (tertiary/aromatic N) is 1. The summed E-state index contributed by atoms with van der Waals surface area (Å²) in [6.45, 7) is 0. The summed E-state index contributed by atoms with van der Waals surface area (Å²) in [6, 6.07) is 9.40. The Morgan fingerprint density at radius 3 is 2.71 bits per heavy atom. The predicted octanol–water partition coefficient (Wildman–Crippen LogP) is 4.49. The second-order valence-corrected chi connectivity index (χ2v) is 9.03. The molecule has 0 spiro atoms. The van der Waals surface area contributed by atoms with Crippen LogP contribution >= 0.6 is 27.5 Å². The average Bonchev–Trinajstić information content (AvgIpc) is 3.09. The molecule has 5 rings (SSSR count). The number of aromatic nitrogens is 1. The fourth-order valence-corrected chi connectivity index (χ4v) is 5.53. The summed E-state index contributed by atoms with van der Waals surface area (Å²) in [5.74, 6) is 0.418. The number of rotatable bonds is 2. The largest absolute Gasteiger partial charge is 0.477 e. The van der Waals surface area contributed by atoms with E-state index in [0.717, 1.165) is 16.5 Å². The van der Waals surface area contributed by atoms with Gasteiger partial charge in [-0.1, -0.05) is 64.0 Å².